The third kappa shape index (κ3) is 4.23. The summed E-state index contributed by atoms with van der Waals surface area (Å²) >= 11 is 6.72. The van der Waals surface area contributed by atoms with E-state index >= 15 is 0 Å². The predicted octanol–water partition coefficient (Wildman–Crippen LogP) is 1.11. The smallest absolute Gasteiger partial charge is 0.214 e. The van der Waals surface area contributed by atoms with Gasteiger partial charge in [-0.3, -0.25) is 10.6 Å². The number of ether oxygens (including phenoxy) is 1. The molecule has 0 spiro atoms. The Hall–Kier alpha value is -2.00. The Balaban J connectivity index is 1.50. The monoisotopic (exact) mass is 433 g/mol. The number of benzene rings is 1. The van der Waals surface area contributed by atoms with Crippen LogP contribution in [-0.2, 0) is 5.79 Å². The molecule has 0 amide bonds. The Kier molecular flexibility index (Phi) is 6.11. The number of nitrogens with two attached hydrogens (primary N) is 2. The number of methoxy groups -OCH3 is 1. The molecule has 30 heavy (non-hydrogen) atoms. The first-order valence-corrected chi connectivity index (χ1v) is 10.9. The van der Waals surface area contributed by atoms with Gasteiger partial charge in [-0.2, -0.15) is 0 Å². The summed E-state index contributed by atoms with van der Waals surface area (Å²) in [6, 6.07) is 4.46. The molecule has 1 aromatic carbocycles. The van der Waals surface area contributed by atoms with Crippen molar-refractivity contribution in [2.24, 2.45) is 16.5 Å². The van der Waals surface area contributed by atoms with Crippen molar-refractivity contribution in [1.82, 2.24) is 15.1 Å². The number of aliphatic imine (C=N–C) groups is 1. The lowest BCUT2D eigenvalue weighted by Crippen LogP contribution is -2.52. The molecule has 0 aliphatic carbocycles. The van der Waals surface area contributed by atoms with Gasteiger partial charge in [0.15, 0.2) is 0 Å². The summed E-state index contributed by atoms with van der Waals surface area (Å²) in [5, 5.41) is 3.69. The molecule has 5 N–H and O–H groups in total. The molecule has 164 valence electrons. The normalized spacial score (nSPS) is 26.4. The minimum Gasteiger partial charge on any atom is -0.496 e. The van der Waals surface area contributed by atoms with Crippen molar-refractivity contribution in [3.63, 3.8) is 0 Å². The minimum absolute atomic E-state index is 0.351. The summed E-state index contributed by atoms with van der Waals surface area (Å²) in [6.45, 7) is 6.57. The molecule has 3 heterocycles. The lowest BCUT2D eigenvalue weighted by Gasteiger charge is -2.43. The second kappa shape index (κ2) is 8.63. The number of amidine groups is 1. The molecule has 3 aliphatic rings. The Labute approximate surface area is 183 Å². The molecule has 8 nitrogen and oxygen atoms in total. The van der Waals surface area contributed by atoms with Crippen molar-refractivity contribution in [2.45, 2.75) is 24.7 Å². The third-order valence-corrected chi connectivity index (χ3v) is 6.70. The first-order chi connectivity index (χ1) is 14.4. The number of nitrogens with one attached hydrogen (secondary N) is 1. The predicted molar refractivity (Wildman–Crippen MR) is 122 cm³/mol. The summed E-state index contributed by atoms with van der Waals surface area (Å²) < 4.78 is 5.66. The minimum atomic E-state index is -1.21. The van der Waals surface area contributed by atoms with Crippen molar-refractivity contribution in [3.05, 3.63) is 35.0 Å². The van der Waals surface area contributed by atoms with Crippen LogP contribution in [0.5, 0.6) is 5.75 Å². The number of piperidine rings is 1. The zero-order valence-electron chi connectivity index (χ0n) is 17.8. The third-order valence-electron chi connectivity index (χ3n) is 6.40. The van der Waals surface area contributed by atoms with Crippen LogP contribution in [0.4, 0.5) is 5.69 Å². The van der Waals surface area contributed by atoms with E-state index in [2.05, 4.69) is 32.1 Å². The van der Waals surface area contributed by atoms with Gasteiger partial charge in [-0.25, -0.2) is 4.99 Å². The fraction of sp³-hybridized carbons (Fsp3) is 0.571. The molecule has 0 bridgehead atoms. The molecule has 3 aliphatic heterocycles. The summed E-state index contributed by atoms with van der Waals surface area (Å²) in [7, 11) is 3.83. The molecule has 1 unspecified atom stereocenters. The quantitative estimate of drug-likeness (QED) is 0.654. The van der Waals surface area contributed by atoms with Crippen molar-refractivity contribution in [3.8, 4) is 5.75 Å². The number of halogens is 1. The standard InChI is InChI=1S/C21H32ClN7O/c1-27-9-11-28(12-10-27)15-4-7-29(8-5-15)18-14-19(30-2)16(13-17(18)22)21(24)25-6-3-20(23)26-21/h3,6,13-15,25H,4-5,7-12,24H2,1-2H3,(H2,23,26). The van der Waals surface area contributed by atoms with E-state index in [1.165, 1.54) is 0 Å². The van der Waals surface area contributed by atoms with Crippen LogP contribution in [0.15, 0.2) is 29.4 Å². The zero-order valence-corrected chi connectivity index (χ0v) is 18.5. The van der Waals surface area contributed by atoms with E-state index in [0.29, 0.717) is 28.2 Å². The number of hydrogen-bond donors (Lipinski definition) is 3. The second-order valence-corrected chi connectivity index (χ2v) is 8.75. The van der Waals surface area contributed by atoms with E-state index in [1.807, 2.05) is 12.1 Å². The van der Waals surface area contributed by atoms with Gasteiger partial charge in [0.1, 0.15) is 11.6 Å². The van der Waals surface area contributed by atoms with Gasteiger partial charge >= 0.3 is 0 Å². The highest BCUT2D eigenvalue weighted by atomic mass is 35.5. The zero-order chi connectivity index (χ0) is 21.3. The van der Waals surface area contributed by atoms with Gasteiger partial charge in [-0.05, 0) is 32.0 Å². The molecule has 2 saturated heterocycles. The van der Waals surface area contributed by atoms with Crippen LogP contribution in [0.2, 0.25) is 5.02 Å². The van der Waals surface area contributed by atoms with Gasteiger partial charge in [-0.15, -0.1) is 0 Å². The van der Waals surface area contributed by atoms with E-state index < -0.39 is 5.79 Å². The summed E-state index contributed by atoms with van der Waals surface area (Å²) in [5.74, 6) is -0.220. The molecule has 0 aromatic heterocycles. The molecule has 0 saturated carbocycles. The second-order valence-electron chi connectivity index (χ2n) is 8.34. The maximum Gasteiger partial charge on any atom is 0.214 e. The summed E-state index contributed by atoms with van der Waals surface area (Å²) in [4.78, 5) is 11.7. The highest BCUT2D eigenvalue weighted by Crippen LogP contribution is 2.39. The Morgan fingerprint density at radius 2 is 1.87 bits per heavy atom. The fourth-order valence-electron chi connectivity index (χ4n) is 4.58. The first-order valence-electron chi connectivity index (χ1n) is 10.5. The van der Waals surface area contributed by atoms with Gasteiger partial charge in [0.05, 0.1) is 23.4 Å². The highest BCUT2D eigenvalue weighted by Gasteiger charge is 2.33. The van der Waals surface area contributed by atoms with E-state index in [0.717, 1.165) is 57.8 Å². The molecule has 4 rings (SSSR count). The van der Waals surface area contributed by atoms with Crippen LogP contribution in [0, 0.1) is 0 Å². The Morgan fingerprint density at radius 1 is 1.17 bits per heavy atom. The Morgan fingerprint density at radius 3 is 2.50 bits per heavy atom. The summed E-state index contributed by atoms with van der Waals surface area (Å²) in [6.07, 6.45) is 5.63. The van der Waals surface area contributed by atoms with Crippen LogP contribution >= 0.6 is 11.6 Å². The number of rotatable bonds is 4. The van der Waals surface area contributed by atoms with Gasteiger partial charge in [0, 0.05) is 57.6 Å². The van der Waals surface area contributed by atoms with E-state index in [4.69, 9.17) is 27.8 Å². The number of likely N-dealkylation sites (N-methyl/N-ethyl adjacent to an activating group) is 1. The van der Waals surface area contributed by atoms with Gasteiger partial charge in [0.25, 0.3) is 0 Å². The number of piperazine rings is 1. The van der Waals surface area contributed by atoms with Gasteiger partial charge in [0.2, 0.25) is 5.79 Å². The van der Waals surface area contributed by atoms with E-state index in [9.17, 15) is 0 Å². The topological polar surface area (TPSA) is 95.4 Å². The maximum absolute atomic E-state index is 6.72. The van der Waals surface area contributed by atoms with Crippen LogP contribution in [0.1, 0.15) is 18.4 Å². The van der Waals surface area contributed by atoms with Crippen molar-refractivity contribution in [1.29, 1.82) is 0 Å². The molecular weight excluding hydrogens is 402 g/mol. The first kappa shape index (κ1) is 21.2. The van der Waals surface area contributed by atoms with E-state index in [-0.39, 0.29) is 0 Å². The molecule has 1 aromatic rings. The average Bonchev–Trinajstić information content (AvgIpc) is 2.74. The van der Waals surface area contributed by atoms with Crippen LogP contribution < -0.4 is 26.4 Å². The van der Waals surface area contributed by atoms with Crippen LogP contribution in [0.25, 0.3) is 0 Å². The number of nitrogens with zero attached hydrogens (tertiary/aromatic N) is 4. The van der Waals surface area contributed by atoms with Crippen molar-refractivity contribution in [2.75, 3.05) is 58.3 Å². The molecule has 2 fully saturated rings. The van der Waals surface area contributed by atoms with Crippen molar-refractivity contribution < 1.29 is 4.74 Å². The van der Waals surface area contributed by atoms with Gasteiger partial charge in [-0.1, -0.05) is 11.6 Å². The Bertz CT molecular complexity index is 829. The lowest BCUT2D eigenvalue weighted by atomic mass is 10.00. The SMILES string of the molecule is COc1cc(N2CCC(N3CCN(C)CC3)CC2)c(Cl)cc1C1(N)N=C(N)C=CN1. The molecular formula is C21H32ClN7O. The maximum atomic E-state index is 6.72. The van der Waals surface area contributed by atoms with Gasteiger partial charge < -0.3 is 25.6 Å². The summed E-state index contributed by atoms with van der Waals surface area (Å²) in [5.41, 5.74) is 13.9. The molecule has 9 heteroatoms. The fourth-order valence-corrected chi connectivity index (χ4v) is 4.86. The molecule has 0 radical (unpaired) electrons. The van der Waals surface area contributed by atoms with Crippen LogP contribution in [-0.4, -0.2) is 75.1 Å². The molecule has 1 atom stereocenters. The average molecular weight is 434 g/mol. The largest absolute Gasteiger partial charge is 0.496 e. The van der Waals surface area contributed by atoms with E-state index in [1.54, 1.807) is 19.4 Å². The number of hydrogen-bond acceptors (Lipinski definition) is 8. The highest BCUT2D eigenvalue weighted by molar-refractivity contribution is 6.33. The van der Waals surface area contributed by atoms with Crippen LogP contribution in [0.3, 0.4) is 0 Å². The number of anilines is 1. The van der Waals surface area contributed by atoms with Crippen molar-refractivity contribution >= 4 is 23.1 Å². The lowest BCUT2D eigenvalue weighted by molar-refractivity contribution is 0.0982.